The van der Waals surface area contributed by atoms with Crippen molar-refractivity contribution < 1.29 is 14.3 Å². The highest BCUT2D eigenvalue weighted by Gasteiger charge is 2.24. The van der Waals surface area contributed by atoms with Gasteiger partial charge in [-0.2, -0.15) is 5.10 Å². The summed E-state index contributed by atoms with van der Waals surface area (Å²) in [5.41, 5.74) is 5.29. The third kappa shape index (κ3) is 4.82. The maximum absolute atomic E-state index is 12.5. The van der Waals surface area contributed by atoms with Gasteiger partial charge in [-0.3, -0.25) is 9.78 Å². The zero-order chi connectivity index (χ0) is 22.8. The zero-order valence-electron chi connectivity index (χ0n) is 18.5. The van der Waals surface area contributed by atoms with Crippen LogP contribution in [0.2, 0.25) is 0 Å². The quantitative estimate of drug-likeness (QED) is 0.552. The lowest BCUT2D eigenvalue weighted by atomic mass is 10.0. The van der Waals surface area contributed by atoms with Crippen molar-refractivity contribution in [1.82, 2.24) is 25.0 Å². The summed E-state index contributed by atoms with van der Waals surface area (Å²) in [4.78, 5) is 30.0. The Kier molecular flexibility index (Phi) is 5.68. The van der Waals surface area contributed by atoms with Crippen molar-refractivity contribution in [1.29, 1.82) is 0 Å². The number of nitrogens with one attached hydrogen (secondary N) is 2. The van der Waals surface area contributed by atoms with Crippen molar-refractivity contribution in [3.63, 3.8) is 0 Å². The van der Waals surface area contributed by atoms with Crippen LogP contribution in [0.1, 0.15) is 28.8 Å². The van der Waals surface area contributed by atoms with Crippen LogP contribution in [0.15, 0.2) is 49.1 Å². The topological polar surface area (TPSA) is 101 Å². The largest absolute Gasteiger partial charge is 0.448 e. The molecule has 0 radical (unpaired) electrons. The second kappa shape index (κ2) is 8.93. The molecule has 1 aromatic carbocycles. The van der Waals surface area contributed by atoms with E-state index in [4.69, 9.17) is 4.74 Å². The number of benzene rings is 1. The lowest BCUT2D eigenvalue weighted by Gasteiger charge is -2.13. The number of amides is 2. The molecule has 1 aliphatic heterocycles. The summed E-state index contributed by atoms with van der Waals surface area (Å²) in [7, 11) is 0. The van der Waals surface area contributed by atoms with Gasteiger partial charge in [-0.25, -0.2) is 9.48 Å². The molecule has 2 fully saturated rings. The molecule has 3 heterocycles. The van der Waals surface area contributed by atoms with E-state index in [1.54, 1.807) is 28.2 Å². The van der Waals surface area contributed by atoms with E-state index >= 15 is 0 Å². The third-order valence-electron chi connectivity index (χ3n) is 5.85. The van der Waals surface area contributed by atoms with Gasteiger partial charge in [0, 0.05) is 36.5 Å². The molecule has 0 spiro atoms. The first-order valence-electron chi connectivity index (χ1n) is 11.1. The Balaban J connectivity index is 1.29. The van der Waals surface area contributed by atoms with E-state index in [2.05, 4.69) is 20.7 Å². The first-order chi connectivity index (χ1) is 16.1. The number of rotatable bonds is 8. The van der Waals surface area contributed by atoms with Crippen molar-refractivity contribution >= 4 is 17.7 Å². The minimum Gasteiger partial charge on any atom is -0.448 e. The number of hydrogen-bond acceptors (Lipinski definition) is 6. The van der Waals surface area contributed by atoms with Crippen LogP contribution in [0.5, 0.6) is 0 Å². The zero-order valence-corrected chi connectivity index (χ0v) is 18.5. The Morgan fingerprint density at radius 2 is 2.09 bits per heavy atom. The number of hydrogen-bond donors (Lipinski definition) is 2. The van der Waals surface area contributed by atoms with Crippen LogP contribution in [0, 0.1) is 6.92 Å². The van der Waals surface area contributed by atoms with Crippen molar-refractivity contribution in [2.45, 2.75) is 25.8 Å². The average Bonchev–Trinajstić information content (AvgIpc) is 3.32. The van der Waals surface area contributed by atoms with Crippen LogP contribution in [0.4, 0.5) is 10.5 Å². The SMILES string of the molecule is Cc1ccc(C(=O)NC2CC2)cc1-c1cnn(-c2cncc(NCCN3CCOC3=O)c2)c1. The molecule has 9 nitrogen and oxygen atoms in total. The highest BCUT2D eigenvalue weighted by molar-refractivity contribution is 5.96. The summed E-state index contributed by atoms with van der Waals surface area (Å²) in [5.74, 6) is -0.0312. The maximum atomic E-state index is 12.5. The summed E-state index contributed by atoms with van der Waals surface area (Å²) in [6.45, 7) is 4.26. The fourth-order valence-corrected chi connectivity index (χ4v) is 3.79. The molecular formula is C24H26N6O3. The molecule has 9 heteroatoms. The number of carbonyl (C=O) groups excluding carboxylic acids is 2. The third-order valence-corrected chi connectivity index (χ3v) is 5.85. The van der Waals surface area contributed by atoms with Gasteiger partial charge in [0.15, 0.2) is 0 Å². The maximum Gasteiger partial charge on any atom is 0.409 e. The van der Waals surface area contributed by atoms with E-state index in [1.807, 2.05) is 37.4 Å². The summed E-state index contributed by atoms with van der Waals surface area (Å²) in [6, 6.07) is 8.04. The van der Waals surface area contributed by atoms with Crippen molar-refractivity contribution in [3.8, 4) is 16.8 Å². The summed E-state index contributed by atoms with van der Waals surface area (Å²) < 4.78 is 6.71. The van der Waals surface area contributed by atoms with Gasteiger partial charge in [0.05, 0.1) is 36.5 Å². The molecule has 33 heavy (non-hydrogen) atoms. The first-order valence-corrected chi connectivity index (χ1v) is 11.1. The van der Waals surface area contributed by atoms with E-state index < -0.39 is 0 Å². The Morgan fingerprint density at radius 3 is 2.88 bits per heavy atom. The second-order valence-corrected chi connectivity index (χ2v) is 8.41. The number of anilines is 1. The average molecular weight is 447 g/mol. The Bertz CT molecular complexity index is 1190. The molecule has 2 aliphatic rings. The smallest absolute Gasteiger partial charge is 0.409 e. The second-order valence-electron chi connectivity index (χ2n) is 8.41. The van der Waals surface area contributed by atoms with Crippen LogP contribution in [0.3, 0.4) is 0 Å². The molecule has 0 atom stereocenters. The number of aromatic nitrogens is 3. The first kappa shape index (κ1) is 21.0. The summed E-state index contributed by atoms with van der Waals surface area (Å²) >= 11 is 0. The van der Waals surface area contributed by atoms with Gasteiger partial charge < -0.3 is 20.3 Å². The van der Waals surface area contributed by atoms with E-state index in [0.29, 0.717) is 37.8 Å². The molecule has 2 N–H and O–H groups in total. The molecule has 0 unspecified atom stereocenters. The van der Waals surface area contributed by atoms with Gasteiger partial charge >= 0.3 is 6.09 Å². The minimum atomic E-state index is -0.267. The molecule has 170 valence electrons. The van der Waals surface area contributed by atoms with Gasteiger partial charge in [-0.05, 0) is 49.1 Å². The van der Waals surface area contributed by atoms with Crippen LogP contribution in [-0.2, 0) is 4.74 Å². The summed E-state index contributed by atoms with van der Waals surface area (Å²) in [5, 5.41) is 10.8. The van der Waals surface area contributed by atoms with Crippen LogP contribution in [0.25, 0.3) is 16.8 Å². The van der Waals surface area contributed by atoms with Crippen LogP contribution in [-0.4, -0.2) is 63.9 Å². The fraction of sp³-hybridized carbons (Fsp3) is 0.333. The van der Waals surface area contributed by atoms with E-state index in [1.165, 1.54) is 0 Å². The van der Waals surface area contributed by atoms with E-state index in [9.17, 15) is 9.59 Å². The van der Waals surface area contributed by atoms with Crippen molar-refractivity contribution in [2.24, 2.45) is 0 Å². The number of nitrogens with zero attached hydrogens (tertiary/aromatic N) is 4. The lowest BCUT2D eigenvalue weighted by molar-refractivity contribution is 0.0951. The van der Waals surface area contributed by atoms with Gasteiger partial charge in [-0.1, -0.05) is 6.07 Å². The van der Waals surface area contributed by atoms with E-state index in [-0.39, 0.29) is 12.0 Å². The molecule has 2 aromatic heterocycles. The Labute approximate surface area is 191 Å². The monoisotopic (exact) mass is 446 g/mol. The molecule has 5 rings (SSSR count). The number of ether oxygens (including phenoxy) is 1. The van der Waals surface area contributed by atoms with Crippen molar-refractivity contribution in [2.75, 3.05) is 31.6 Å². The standard InChI is InChI=1S/C24H26N6O3/c1-16-2-3-17(23(31)28-19-4-5-19)10-22(16)18-12-27-30(15-18)21-11-20(13-25-14-21)26-6-7-29-8-9-33-24(29)32/h2-3,10-15,19,26H,4-9H2,1H3,(H,28,31). The normalized spacial score (nSPS) is 15.4. The highest BCUT2D eigenvalue weighted by atomic mass is 16.6. The number of pyridine rings is 1. The number of aryl methyl sites for hydroxylation is 1. The molecular weight excluding hydrogens is 420 g/mol. The Hall–Kier alpha value is -3.88. The van der Waals surface area contributed by atoms with Crippen LogP contribution < -0.4 is 10.6 Å². The van der Waals surface area contributed by atoms with Crippen molar-refractivity contribution in [3.05, 3.63) is 60.2 Å². The molecule has 1 saturated heterocycles. The molecule has 1 aliphatic carbocycles. The number of carbonyl (C=O) groups is 2. The predicted molar refractivity (Wildman–Crippen MR) is 123 cm³/mol. The highest BCUT2D eigenvalue weighted by Crippen LogP contribution is 2.26. The van der Waals surface area contributed by atoms with Crippen LogP contribution >= 0.6 is 0 Å². The van der Waals surface area contributed by atoms with Gasteiger partial charge in [0.25, 0.3) is 5.91 Å². The molecule has 1 saturated carbocycles. The van der Waals surface area contributed by atoms with E-state index in [0.717, 1.165) is 40.9 Å². The lowest BCUT2D eigenvalue weighted by Crippen LogP contribution is -2.29. The Morgan fingerprint density at radius 1 is 1.21 bits per heavy atom. The molecule has 2 amide bonds. The van der Waals surface area contributed by atoms with Gasteiger partial charge in [-0.15, -0.1) is 0 Å². The molecule has 3 aromatic rings. The number of cyclic esters (lactones) is 1. The fourth-order valence-electron chi connectivity index (χ4n) is 3.79. The van der Waals surface area contributed by atoms with Gasteiger partial charge in [0.2, 0.25) is 0 Å². The minimum absolute atomic E-state index is 0.0312. The van der Waals surface area contributed by atoms with Gasteiger partial charge in [0.1, 0.15) is 6.61 Å². The predicted octanol–water partition coefficient (Wildman–Crippen LogP) is 3.00. The molecule has 0 bridgehead atoms. The summed E-state index contributed by atoms with van der Waals surface area (Å²) in [6.07, 6.45) is 9.07.